The quantitative estimate of drug-likeness (QED) is 0.818. The number of hydrogen-bond acceptors (Lipinski definition) is 5. The number of benzene rings is 1. The molecule has 4 heterocycles. The van der Waals surface area contributed by atoms with Crippen molar-refractivity contribution in [2.75, 3.05) is 12.0 Å². The molecule has 114 valence electrons. The molecular formula is C18H15N3O2. The molecule has 0 saturated carbocycles. The van der Waals surface area contributed by atoms with Gasteiger partial charge in [0, 0.05) is 23.9 Å². The summed E-state index contributed by atoms with van der Waals surface area (Å²) < 4.78 is 5.00. The number of anilines is 1. The second-order valence-electron chi connectivity index (χ2n) is 6.05. The van der Waals surface area contributed by atoms with Gasteiger partial charge in [-0.15, -0.1) is 0 Å². The van der Waals surface area contributed by atoms with Gasteiger partial charge in [-0.05, 0) is 17.2 Å². The minimum atomic E-state index is -0.307. The molecule has 1 aromatic heterocycles. The van der Waals surface area contributed by atoms with Gasteiger partial charge in [0.05, 0.1) is 24.9 Å². The van der Waals surface area contributed by atoms with E-state index in [0.717, 1.165) is 11.4 Å². The topological polar surface area (TPSA) is 54.5 Å². The Balaban J connectivity index is 1.82. The van der Waals surface area contributed by atoms with E-state index in [1.165, 1.54) is 18.2 Å². The van der Waals surface area contributed by atoms with Gasteiger partial charge in [0.25, 0.3) is 0 Å². The molecule has 2 bridgehead atoms. The predicted molar refractivity (Wildman–Crippen MR) is 84.8 cm³/mol. The lowest BCUT2D eigenvalue weighted by Gasteiger charge is -2.42. The van der Waals surface area contributed by atoms with Crippen LogP contribution >= 0.6 is 0 Å². The lowest BCUT2D eigenvalue weighted by molar-refractivity contribution is -0.136. The molecule has 23 heavy (non-hydrogen) atoms. The SMILES string of the molecule is COC(=O)C1=CN2c3ncccc3[C@@H]3c4ccccc4[C@H]1N[C@@H]32. The van der Waals surface area contributed by atoms with Crippen LogP contribution in [0.15, 0.2) is 54.4 Å². The van der Waals surface area contributed by atoms with Crippen molar-refractivity contribution in [2.45, 2.75) is 18.1 Å². The van der Waals surface area contributed by atoms with Crippen molar-refractivity contribution in [3.05, 3.63) is 71.1 Å². The summed E-state index contributed by atoms with van der Waals surface area (Å²) in [6.45, 7) is 0. The minimum absolute atomic E-state index is 0.0909. The number of carbonyl (C=O) groups is 1. The third kappa shape index (κ3) is 1.55. The van der Waals surface area contributed by atoms with E-state index in [-0.39, 0.29) is 24.1 Å². The van der Waals surface area contributed by atoms with Gasteiger partial charge in [-0.1, -0.05) is 30.3 Å². The Kier molecular flexibility index (Phi) is 2.47. The first-order chi connectivity index (χ1) is 11.3. The van der Waals surface area contributed by atoms with Gasteiger partial charge >= 0.3 is 5.97 Å². The molecule has 2 aromatic rings. The second kappa shape index (κ2) is 4.43. The van der Waals surface area contributed by atoms with Crippen LogP contribution in [0.1, 0.15) is 28.7 Å². The Morgan fingerprint density at radius 2 is 1.96 bits per heavy atom. The van der Waals surface area contributed by atoms with Crippen molar-refractivity contribution in [1.29, 1.82) is 0 Å². The highest BCUT2D eigenvalue weighted by molar-refractivity contribution is 5.92. The first kappa shape index (κ1) is 12.8. The molecule has 1 N–H and O–H groups in total. The number of aromatic nitrogens is 1. The van der Waals surface area contributed by atoms with Crippen LogP contribution < -0.4 is 10.2 Å². The van der Waals surface area contributed by atoms with E-state index in [1.54, 1.807) is 6.20 Å². The monoisotopic (exact) mass is 305 g/mol. The molecule has 3 atom stereocenters. The maximum absolute atomic E-state index is 12.3. The Bertz CT molecular complexity index is 861. The zero-order valence-electron chi connectivity index (χ0n) is 12.6. The summed E-state index contributed by atoms with van der Waals surface area (Å²) in [7, 11) is 1.42. The van der Waals surface area contributed by atoms with Gasteiger partial charge in [0.15, 0.2) is 0 Å². The molecule has 0 saturated heterocycles. The van der Waals surface area contributed by atoms with Crippen molar-refractivity contribution in [1.82, 2.24) is 10.3 Å². The molecule has 0 amide bonds. The number of nitrogens with zero attached hydrogens (tertiary/aromatic N) is 2. The molecular weight excluding hydrogens is 290 g/mol. The van der Waals surface area contributed by atoms with Gasteiger partial charge in [0.2, 0.25) is 0 Å². The van der Waals surface area contributed by atoms with Crippen molar-refractivity contribution in [3.63, 3.8) is 0 Å². The van der Waals surface area contributed by atoms with Crippen LogP contribution in [0.25, 0.3) is 0 Å². The van der Waals surface area contributed by atoms with Crippen LogP contribution in [0.2, 0.25) is 0 Å². The van der Waals surface area contributed by atoms with Crippen molar-refractivity contribution in [2.24, 2.45) is 0 Å². The molecule has 3 aliphatic rings. The Morgan fingerprint density at radius 1 is 1.17 bits per heavy atom. The zero-order chi connectivity index (χ0) is 15.6. The lowest BCUT2D eigenvalue weighted by atomic mass is 9.79. The molecule has 5 heteroatoms. The Hall–Kier alpha value is -2.66. The molecule has 0 aliphatic carbocycles. The fraction of sp³-hybridized carbons (Fsp3) is 0.222. The maximum Gasteiger partial charge on any atom is 0.337 e. The number of ether oxygens (including phenoxy) is 1. The van der Waals surface area contributed by atoms with Crippen LogP contribution in [0.5, 0.6) is 0 Å². The number of carbonyl (C=O) groups excluding carboxylic acids is 1. The van der Waals surface area contributed by atoms with E-state index in [0.29, 0.717) is 5.57 Å². The van der Waals surface area contributed by atoms with Crippen LogP contribution in [0, 0.1) is 0 Å². The molecule has 0 fully saturated rings. The van der Waals surface area contributed by atoms with Crippen LogP contribution in [0.3, 0.4) is 0 Å². The van der Waals surface area contributed by atoms with E-state index < -0.39 is 0 Å². The highest BCUT2D eigenvalue weighted by atomic mass is 16.5. The number of hydrogen-bond donors (Lipinski definition) is 1. The number of rotatable bonds is 1. The average molecular weight is 305 g/mol. The third-order valence-corrected chi connectivity index (χ3v) is 5.00. The molecule has 5 rings (SSSR count). The normalized spacial score (nSPS) is 26.2. The third-order valence-electron chi connectivity index (χ3n) is 5.00. The first-order valence-electron chi connectivity index (χ1n) is 7.68. The van der Waals surface area contributed by atoms with Gasteiger partial charge in [-0.25, -0.2) is 9.78 Å². The van der Waals surface area contributed by atoms with E-state index in [1.807, 2.05) is 18.3 Å². The van der Waals surface area contributed by atoms with E-state index >= 15 is 0 Å². The number of esters is 1. The van der Waals surface area contributed by atoms with Gasteiger partial charge in [-0.3, -0.25) is 5.32 Å². The molecule has 0 spiro atoms. The standard InChI is InChI=1S/C18H15N3O2/c1-23-18(22)13-9-21-16-12(7-4-8-19-16)14-10-5-2-3-6-11(10)15(13)20-17(14)21/h2-9,14-15,17,20H,1H3/t14-,15+,17+/m0/s1. The van der Waals surface area contributed by atoms with Crippen LogP contribution in [0.4, 0.5) is 5.82 Å². The van der Waals surface area contributed by atoms with E-state index in [9.17, 15) is 4.79 Å². The first-order valence-corrected chi connectivity index (χ1v) is 7.68. The Labute approximate surface area is 133 Å². The van der Waals surface area contributed by atoms with E-state index in [2.05, 4.69) is 39.5 Å². The number of pyridine rings is 1. The zero-order valence-corrected chi connectivity index (χ0v) is 12.6. The minimum Gasteiger partial charge on any atom is -0.466 e. The van der Waals surface area contributed by atoms with Crippen molar-refractivity contribution < 1.29 is 9.53 Å². The van der Waals surface area contributed by atoms with Gasteiger partial charge in [-0.2, -0.15) is 0 Å². The number of nitrogens with one attached hydrogen (secondary N) is 1. The summed E-state index contributed by atoms with van der Waals surface area (Å²) in [5.74, 6) is 0.826. The van der Waals surface area contributed by atoms with Gasteiger partial charge in [0.1, 0.15) is 5.82 Å². The maximum atomic E-state index is 12.3. The second-order valence-corrected chi connectivity index (χ2v) is 6.05. The number of fused-ring (bicyclic) bond motifs is 7. The fourth-order valence-electron chi connectivity index (χ4n) is 4.07. The molecule has 3 aliphatic heterocycles. The summed E-state index contributed by atoms with van der Waals surface area (Å²) in [5.41, 5.74) is 4.21. The highest BCUT2D eigenvalue weighted by Crippen LogP contribution is 2.51. The summed E-state index contributed by atoms with van der Waals surface area (Å²) in [6, 6.07) is 12.3. The smallest absolute Gasteiger partial charge is 0.337 e. The molecule has 1 aromatic carbocycles. The van der Waals surface area contributed by atoms with E-state index in [4.69, 9.17) is 4.74 Å². The highest BCUT2D eigenvalue weighted by Gasteiger charge is 2.49. The van der Waals surface area contributed by atoms with Crippen LogP contribution in [-0.2, 0) is 9.53 Å². The Morgan fingerprint density at radius 3 is 2.78 bits per heavy atom. The van der Waals surface area contributed by atoms with Crippen molar-refractivity contribution >= 4 is 11.8 Å². The van der Waals surface area contributed by atoms with Gasteiger partial charge < -0.3 is 9.64 Å². The average Bonchev–Trinajstić information content (AvgIpc) is 2.96. The van der Waals surface area contributed by atoms with Crippen molar-refractivity contribution in [3.8, 4) is 0 Å². The summed E-state index contributed by atoms with van der Waals surface area (Å²) in [4.78, 5) is 18.9. The molecule has 0 unspecified atom stereocenters. The fourth-order valence-corrected chi connectivity index (χ4v) is 4.07. The predicted octanol–water partition coefficient (Wildman–Crippen LogP) is 2.07. The molecule has 0 radical (unpaired) electrons. The summed E-state index contributed by atoms with van der Waals surface area (Å²) in [6.07, 6.45) is 3.78. The van der Waals surface area contributed by atoms with Crippen LogP contribution in [-0.4, -0.2) is 24.2 Å². The summed E-state index contributed by atoms with van der Waals surface area (Å²) in [5, 5.41) is 3.60. The lowest BCUT2D eigenvalue weighted by Crippen LogP contribution is -2.53. The molecule has 5 nitrogen and oxygen atoms in total. The largest absolute Gasteiger partial charge is 0.466 e. The summed E-state index contributed by atoms with van der Waals surface area (Å²) >= 11 is 0. The number of methoxy groups -OCH3 is 1.